The molecule has 5 rings (SSSR count). The van der Waals surface area contributed by atoms with Crippen molar-refractivity contribution in [2.45, 2.75) is 18.7 Å². The molecule has 0 aliphatic carbocycles. The number of carbonyl (C=O) groups excluding carboxylic acids is 1. The van der Waals surface area contributed by atoms with E-state index in [0.29, 0.717) is 11.4 Å². The number of hydrogen-bond acceptors (Lipinski definition) is 5. The fourth-order valence-corrected chi connectivity index (χ4v) is 3.88. The van der Waals surface area contributed by atoms with Crippen molar-refractivity contribution in [2.24, 2.45) is 0 Å². The van der Waals surface area contributed by atoms with Crippen molar-refractivity contribution >= 4 is 11.8 Å². The summed E-state index contributed by atoms with van der Waals surface area (Å²) in [4.78, 5) is 14.3. The minimum absolute atomic E-state index is 0.118. The van der Waals surface area contributed by atoms with E-state index in [9.17, 15) is 14.3 Å². The Labute approximate surface area is 183 Å². The molecular weight excluding hydrogens is 411 g/mol. The van der Waals surface area contributed by atoms with Crippen LogP contribution in [0.4, 0.5) is 14.9 Å². The molecule has 160 valence electrons. The number of amides is 1. The molecule has 0 bridgehead atoms. The maximum atomic E-state index is 13.5. The van der Waals surface area contributed by atoms with Crippen LogP contribution in [0.1, 0.15) is 11.6 Å². The zero-order valence-electron chi connectivity index (χ0n) is 16.9. The average molecular weight is 430 g/mol. The van der Waals surface area contributed by atoms with E-state index in [4.69, 9.17) is 4.74 Å². The smallest absolute Gasteiger partial charge is 0.415 e. The summed E-state index contributed by atoms with van der Waals surface area (Å²) in [6.07, 6.45) is 0.683. The normalized spacial score (nSPS) is 18.0. The highest BCUT2D eigenvalue weighted by Crippen LogP contribution is 2.38. The van der Waals surface area contributed by atoms with E-state index in [1.54, 1.807) is 35.1 Å². The van der Waals surface area contributed by atoms with Crippen molar-refractivity contribution in [3.63, 3.8) is 0 Å². The van der Waals surface area contributed by atoms with E-state index in [1.807, 2.05) is 30.3 Å². The van der Waals surface area contributed by atoms with Crippen LogP contribution < -0.4 is 4.90 Å². The van der Waals surface area contributed by atoms with Crippen molar-refractivity contribution in [3.8, 4) is 17.0 Å². The van der Waals surface area contributed by atoms with E-state index in [0.717, 1.165) is 11.1 Å². The molecule has 1 aliphatic rings. The maximum absolute atomic E-state index is 13.5. The molecule has 2 atom stereocenters. The van der Waals surface area contributed by atoms with Gasteiger partial charge in [0.2, 0.25) is 0 Å². The summed E-state index contributed by atoms with van der Waals surface area (Å²) < 4.78 is 20.8. The molecule has 1 saturated heterocycles. The van der Waals surface area contributed by atoms with Crippen LogP contribution >= 0.6 is 0 Å². The number of aromatic nitrogens is 3. The SMILES string of the molecule is O=C1O[C@H](Cn2cc(-c3ccccc3)nn2)[C@@H](c2ccc(O)cc2)N1c1ccc(F)cc1. The standard InChI is InChI=1S/C24H19FN4O3/c25-18-8-10-19(11-9-18)29-23(17-6-12-20(30)13-7-17)22(32-24(29)31)15-28-14-21(26-27-28)16-4-2-1-3-5-16/h1-14,22-23,30H,15H2/t22-,23-/m1/s1. The van der Waals surface area contributed by atoms with E-state index >= 15 is 0 Å². The highest BCUT2D eigenvalue weighted by Gasteiger charge is 2.44. The average Bonchev–Trinajstić information content (AvgIpc) is 3.40. The molecule has 1 aliphatic heterocycles. The Morgan fingerprint density at radius 3 is 2.41 bits per heavy atom. The highest BCUT2D eigenvalue weighted by atomic mass is 19.1. The second kappa shape index (κ2) is 8.14. The van der Waals surface area contributed by atoms with Gasteiger partial charge < -0.3 is 9.84 Å². The maximum Gasteiger partial charge on any atom is 0.415 e. The van der Waals surface area contributed by atoms with Crippen LogP contribution in [0.5, 0.6) is 5.75 Å². The van der Waals surface area contributed by atoms with Gasteiger partial charge in [0.05, 0.1) is 12.7 Å². The Morgan fingerprint density at radius 2 is 1.69 bits per heavy atom. The van der Waals surface area contributed by atoms with Crippen LogP contribution in [0.15, 0.2) is 85.1 Å². The fraction of sp³-hybridized carbons (Fsp3) is 0.125. The van der Waals surface area contributed by atoms with Gasteiger partial charge in [0.25, 0.3) is 0 Å². The summed E-state index contributed by atoms with van der Waals surface area (Å²) in [7, 11) is 0. The number of carbonyl (C=O) groups is 1. The number of benzene rings is 3. The molecule has 4 aromatic rings. The van der Waals surface area contributed by atoms with Gasteiger partial charge >= 0.3 is 6.09 Å². The lowest BCUT2D eigenvalue weighted by atomic mass is 10.00. The van der Waals surface area contributed by atoms with Crippen LogP contribution in [0.3, 0.4) is 0 Å². The molecular formula is C24H19FN4O3. The number of rotatable bonds is 5. The number of phenols is 1. The predicted molar refractivity (Wildman–Crippen MR) is 115 cm³/mol. The summed E-state index contributed by atoms with van der Waals surface area (Å²) >= 11 is 0. The minimum atomic E-state index is -0.581. The van der Waals surface area contributed by atoms with E-state index in [-0.39, 0.29) is 12.3 Å². The second-order valence-corrected chi connectivity index (χ2v) is 7.50. The van der Waals surface area contributed by atoms with Gasteiger partial charge in [-0.05, 0) is 42.0 Å². The predicted octanol–water partition coefficient (Wildman–Crippen LogP) is 4.56. The molecule has 0 radical (unpaired) electrons. The van der Waals surface area contributed by atoms with Crippen LogP contribution in [0.25, 0.3) is 11.3 Å². The van der Waals surface area contributed by atoms with Gasteiger partial charge in [-0.2, -0.15) is 0 Å². The van der Waals surface area contributed by atoms with Crippen molar-refractivity contribution in [3.05, 3.63) is 96.4 Å². The first-order valence-corrected chi connectivity index (χ1v) is 10.1. The number of cyclic esters (lactones) is 1. The molecule has 1 fully saturated rings. The van der Waals surface area contributed by atoms with Crippen LogP contribution in [-0.4, -0.2) is 32.3 Å². The molecule has 1 aromatic heterocycles. The van der Waals surface area contributed by atoms with Crippen molar-refractivity contribution < 1.29 is 19.0 Å². The first-order valence-electron chi connectivity index (χ1n) is 10.1. The molecule has 7 nitrogen and oxygen atoms in total. The Morgan fingerprint density at radius 1 is 0.969 bits per heavy atom. The Balaban J connectivity index is 1.48. The molecule has 0 saturated carbocycles. The number of anilines is 1. The quantitative estimate of drug-likeness (QED) is 0.502. The topological polar surface area (TPSA) is 80.5 Å². The van der Waals surface area contributed by atoms with Crippen molar-refractivity contribution in [1.29, 1.82) is 0 Å². The number of aromatic hydroxyl groups is 1. The molecule has 0 unspecified atom stereocenters. The van der Waals surface area contributed by atoms with Gasteiger partial charge in [-0.3, -0.25) is 4.90 Å². The van der Waals surface area contributed by atoms with Crippen LogP contribution in [-0.2, 0) is 11.3 Å². The summed E-state index contributed by atoms with van der Waals surface area (Å²) in [5.41, 5.74) is 2.93. The summed E-state index contributed by atoms with van der Waals surface area (Å²) in [5.74, 6) is -0.275. The lowest BCUT2D eigenvalue weighted by Crippen LogP contribution is -2.31. The number of phenolic OH excluding ortho intramolecular Hbond substituents is 1. The van der Waals surface area contributed by atoms with Crippen molar-refractivity contribution in [2.75, 3.05) is 4.90 Å². The minimum Gasteiger partial charge on any atom is -0.508 e. The number of ether oxygens (including phenoxy) is 1. The lowest BCUT2D eigenvalue weighted by Gasteiger charge is -2.25. The van der Waals surface area contributed by atoms with Gasteiger partial charge in [-0.15, -0.1) is 5.10 Å². The molecule has 2 heterocycles. The summed E-state index contributed by atoms with van der Waals surface area (Å²) in [5, 5.41) is 18.1. The fourth-order valence-electron chi connectivity index (χ4n) is 3.88. The Kier molecular flexibility index (Phi) is 5.03. The van der Waals surface area contributed by atoms with E-state index in [2.05, 4.69) is 10.3 Å². The first kappa shape index (κ1) is 19.7. The van der Waals surface area contributed by atoms with Gasteiger partial charge in [-0.1, -0.05) is 47.7 Å². The zero-order chi connectivity index (χ0) is 22.1. The first-order chi connectivity index (χ1) is 15.6. The zero-order valence-corrected chi connectivity index (χ0v) is 16.9. The summed E-state index contributed by atoms with van der Waals surface area (Å²) in [6, 6.07) is 21.4. The number of nitrogens with zero attached hydrogens (tertiary/aromatic N) is 4. The van der Waals surface area contributed by atoms with Gasteiger partial charge in [0.1, 0.15) is 29.4 Å². The third-order valence-corrected chi connectivity index (χ3v) is 5.39. The number of hydrogen-bond donors (Lipinski definition) is 1. The lowest BCUT2D eigenvalue weighted by molar-refractivity contribution is 0.117. The molecule has 8 heteroatoms. The van der Waals surface area contributed by atoms with E-state index < -0.39 is 24.1 Å². The largest absolute Gasteiger partial charge is 0.508 e. The molecule has 1 N–H and O–H groups in total. The Bertz CT molecular complexity index is 1230. The molecule has 1 amide bonds. The van der Waals surface area contributed by atoms with E-state index in [1.165, 1.54) is 29.2 Å². The Hall–Kier alpha value is -4.20. The molecule has 0 spiro atoms. The van der Waals surface area contributed by atoms with Gasteiger partial charge in [-0.25, -0.2) is 13.9 Å². The van der Waals surface area contributed by atoms with Crippen LogP contribution in [0.2, 0.25) is 0 Å². The van der Waals surface area contributed by atoms with Crippen LogP contribution in [0, 0.1) is 5.82 Å². The third-order valence-electron chi connectivity index (χ3n) is 5.39. The van der Waals surface area contributed by atoms with Crippen molar-refractivity contribution in [1.82, 2.24) is 15.0 Å². The molecule has 32 heavy (non-hydrogen) atoms. The van der Waals surface area contributed by atoms with Gasteiger partial charge in [0, 0.05) is 11.3 Å². The second-order valence-electron chi connectivity index (χ2n) is 7.50. The monoisotopic (exact) mass is 430 g/mol. The highest BCUT2D eigenvalue weighted by molar-refractivity contribution is 5.91. The summed E-state index contributed by atoms with van der Waals surface area (Å²) in [6.45, 7) is 0.273. The number of halogens is 1. The molecule has 3 aromatic carbocycles. The third kappa shape index (κ3) is 3.78. The van der Waals surface area contributed by atoms with Gasteiger partial charge in [0.15, 0.2) is 0 Å².